The summed E-state index contributed by atoms with van der Waals surface area (Å²) >= 11 is 7.04. The number of hydrogen-bond donors (Lipinski definition) is 3. The number of carbonyl (C=O) groups is 3. The van der Waals surface area contributed by atoms with Crippen LogP contribution in [0.15, 0.2) is 36.4 Å². The number of carbonyl (C=O) groups excluding carboxylic acids is 3. The Bertz CT molecular complexity index is 1010. The van der Waals surface area contributed by atoms with Crippen molar-refractivity contribution in [1.29, 1.82) is 0 Å². The number of halogens is 1. The minimum Gasteiger partial charge on any atom is -0.442 e. The second-order valence-electron chi connectivity index (χ2n) is 8.36. The maximum Gasteiger partial charge on any atom is 0.431 e. The highest BCUT2D eigenvalue weighted by Crippen LogP contribution is 2.24. The first-order chi connectivity index (χ1) is 16.1. The monoisotopic (exact) mass is 510 g/mol. The highest BCUT2D eigenvalue weighted by atomic mass is 35.5. The van der Waals surface area contributed by atoms with Crippen molar-refractivity contribution in [2.75, 3.05) is 36.5 Å². The van der Waals surface area contributed by atoms with Crippen LogP contribution in [-0.4, -0.2) is 56.0 Å². The summed E-state index contributed by atoms with van der Waals surface area (Å²) in [5.74, 6) is -0.257. The number of nitrogens with zero attached hydrogens (tertiary/aromatic N) is 1. The number of nitrogens with one attached hydrogen (secondary N) is 3. The molecule has 0 aliphatic carbocycles. The Morgan fingerprint density at radius 1 is 1.21 bits per heavy atom. The van der Waals surface area contributed by atoms with Crippen molar-refractivity contribution in [1.82, 2.24) is 10.8 Å². The fraction of sp³-hybridized carbons (Fsp3) is 0.409. The summed E-state index contributed by atoms with van der Waals surface area (Å²) in [5, 5.41) is 5.91. The van der Waals surface area contributed by atoms with Crippen LogP contribution in [0.4, 0.5) is 21.0 Å². The number of anilines is 2. The van der Waals surface area contributed by atoms with Crippen molar-refractivity contribution in [3.05, 3.63) is 45.6 Å². The molecule has 2 heterocycles. The number of amides is 3. The van der Waals surface area contributed by atoms with E-state index < -0.39 is 23.9 Å². The zero-order chi connectivity index (χ0) is 24.7. The first kappa shape index (κ1) is 25.6. The summed E-state index contributed by atoms with van der Waals surface area (Å²) in [4.78, 5) is 43.0. The molecule has 0 saturated carbocycles. The lowest BCUT2D eigenvalue weighted by Crippen LogP contribution is -2.34. The average Bonchev–Trinajstić information content (AvgIpc) is 3.36. The number of benzene rings is 1. The van der Waals surface area contributed by atoms with Crippen LogP contribution in [0.1, 0.15) is 30.4 Å². The van der Waals surface area contributed by atoms with Gasteiger partial charge in [0, 0.05) is 17.9 Å². The van der Waals surface area contributed by atoms with E-state index in [1.807, 2.05) is 12.1 Å². The van der Waals surface area contributed by atoms with E-state index in [4.69, 9.17) is 25.9 Å². The molecule has 1 aromatic carbocycles. The van der Waals surface area contributed by atoms with Crippen molar-refractivity contribution in [2.24, 2.45) is 0 Å². The molecule has 10 nitrogen and oxygen atoms in total. The quantitative estimate of drug-likeness (QED) is 0.344. The van der Waals surface area contributed by atoms with Gasteiger partial charge in [-0.3, -0.25) is 14.5 Å². The normalized spacial score (nSPS) is 15.6. The molecule has 1 aliphatic rings. The Kier molecular flexibility index (Phi) is 8.59. The van der Waals surface area contributed by atoms with Crippen molar-refractivity contribution < 1.29 is 28.7 Å². The summed E-state index contributed by atoms with van der Waals surface area (Å²) in [6.07, 6.45) is -1.58. The molecule has 3 rings (SSSR count). The first-order valence-electron chi connectivity index (χ1n) is 10.6. The average molecular weight is 511 g/mol. The first-order valence-corrected chi connectivity index (χ1v) is 11.8. The van der Waals surface area contributed by atoms with Crippen LogP contribution < -0.4 is 21.0 Å². The maximum absolute atomic E-state index is 12.3. The van der Waals surface area contributed by atoms with E-state index in [-0.39, 0.29) is 19.1 Å². The molecule has 1 aromatic heterocycles. The van der Waals surface area contributed by atoms with Crippen LogP contribution in [0.25, 0.3) is 0 Å². The Balaban J connectivity index is 1.39. The maximum atomic E-state index is 12.3. The SMILES string of the molecule is CC(C)(C)OC(=O)NOCCNc1ccc(N2C[C@H](CNC(=O)c3ccc(Cl)s3)OC2=O)cc1. The summed E-state index contributed by atoms with van der Waals surface area (Å²) in [7, 11) is 0. The van der Waals surface area contributed by atoms with Gasteiger partial charge in [0.2, 0.25) is 0 Å². The third kappa shape index (κ3) is 7.79. The molecular formula is C22H27ClN4O6S. The van der Waals surface area contributed by atoms with Crippen LogP contribution in [0, 0.1) is 0 Å². The third-order valence-electron chi connectivity index (χ3n) is 4.43. The van der Waals surface area contributed by atoms with Crippen molar-refractivity contribution in [2.45, 2.75) is 32.5 Å². The lowest BCUT2D eigenvalue weighted by molar-refractivity contribution is -0.00488. The summed E-state index contributed by atoms with van der Waals surface area (Å²) in [6.45, 7) is 6.49. The van der Waals surface area contributed by atoms with Crippen LogP contribution in [0.3, 0.4) is 0 Å². The number of thiophene rings is 1. The van der Waals surface area contributed by atoms with Gasteiger partial charge in [-0.15, -0.1) is 11.3 Å². The van der Waals surface area contributed by atoms with E-state index in [1.165, 1.54) is 16.2 Å². The van der Waals surface area contributed by atoms with Crippen LogP contribution in [-0.2, 0) is 14.3 Å². The summed E-state index contributed by atoms with van der Waals surface area (Å²) in [6, 6.07) is 10.5. The van der Waals surface area contributed by atoms with Gasteiger partial charge in [0.25, 0.3) is 5.91 Å². The zero-order valence-corrected chi connectivity index (χ0v) is 20.6. The Morgan fingerprint density at radius 3 is 2.59 bits per heavy atom. The van der Waals surface area contributed by atoms with E-state index >= 15 is 0 Å². The van der Waals surface area contributed by atoms with Gasteiger partial charge in [-0.25, -0.2) is 9.59 Å². The molecule has 1 saturated heterocycles. The molecule has 184 valence electrons. The lowest BCUT2D eigenvalue weighted by Gasteiger charge is -2.19. The van der Waals surface area contributed by atoms with Gasteiger partial charge in [-0.2, -0.15) is 5.48 Å². The van der Waals surface area contributed by atoms with Gasteiger partial charge >= 0.3 is 12.2 Å². The van der Waals surface area contributed by atoms with E-state index in [2.05, 4.69) is 16.1 Å². The smallest absolute Gasteiger partial charge is 0.431 e. The molecule has 12 heteroatoms. The molecule has 0 radical (unpaired) electrons. The van der Waals surface area contributed by atoms with Gasteiger partial charge < -0.3 is 20.1 Å². The third-order valence-corrected chi connectivity index (χ3v) is 5.66. The highest BCUT2D eigenvalue weighted by Gasteiger charge is 2.32. The van der Waals surface area contributed by atoms with Crippen LogP contribution >= 0.6 is 22.9 Å². The number of cyclic esters (lactones) is 1. The predicted octanol–water partition coefficient (Wildman–Crippen LogP) is 4.02. The van der Waals surface area contributed by atoms with Gasteiger partial charge in [0.15, 0.2) is 0 Å². The molecule has 1 aliphatic heterocycles. The zero-order valence-electron chi connectivity index (χ0n) is 19.1. The molecule has 1 fully saturated rings. The van der Waals surface area contributed by atoms with Crippen LogP contribution in [0.2, 0.25) is 4.34 Å². The lowest BCUT2D eigenvalue weighted by atomic mass is 10.2. The molecule has 2 aromatic rings. The number of rotatable bonds is 9. The Morgan fingerprint density at radius 2 is 1.94 bits per heavy atom. The van der Waals surface area contributed by atoms with Gasteiger partial charge in [0.05, 0.1) is 28.9 Å². The summed E-state index contributed by atoms with van der Waals surface area (Å²) < 4.78 is 11.0. The molecule has 3 N–H and O–H groups in total. The predicted molar refractivity (Wildman–Crippen MR) is 130 cm³/mol. The molecule has 34 heavy (non-hydrogen) atoms. The second kappa shape index (κ2) is 11.4. The topological polar surface area (TPSA) is 118 Å². The standard InChI is InChI=1S/C22H27ClN4O6S/c1-22(2,3)33-20(29)26-31-11-10-24-14-4-6-15(7-5-14)27-13-16(32-21(27)30)12-25-19(28)17-8-9-18(23)34-17/h4-9,16,24H,10-13H2,1-3H3,(H,25,28)(H,26,29)/t16-/m0/s1. The van der Waals surface area contributed by atoms with Crippen molar-refractivity contribution in [3.8, 4) is 0 Å². The Labute approximate surface area is 206 Å². The second-order valence-corrected chi connectivity index (χ2v) is 10.1. The molecule has 0 spiro atoms. The molecular weight excluding hydrogens is 484 g/mol. The van der Waals surface area contributed by atoms with E-state index in [0.29, 0.717) is 28.0 Å². The number of hydrogen-bond acceptors (Lipinski definition) is 8. The van der Waals surface area contributed by atoms with Crippen LogP contribution in [0.5, 0.6) is 0 Å². The minimum atomic E-state index is -0.650. The van der Waals surface area contributed by atoms with Gasteiger partial charge in [-0.05, 0) is 57.2 Å². The fourth-order valence-electron chi connectivity index (χ4n) is 2.98. The summed E-state index contributed by atoms with van der Waals surface area (Å²) in [5.41, 5.74) is 3.12. The van der Waals surface area contributed by atoms with Crippen molar-refractivity contribution >= 4 is 52.4 Å². The molecule has 3 amide bonds. The van der Waals surface area contributed by atoms with Crippen molar-refractivity contribution in [3.63, 3.8) is 0 Å². The number of hydroxylamine groups is 1. The van der Waals surface area contributed by atoms with E-state index in [1.54, 1.807) is 45.0 Å². The minimum absolute atomic E-state index is 0.202. The van der Waals surface area contributed by atoms with E-state index in [9.17, 15) is 14.4 Å². The van der Waals surface area contributed by atoms with E-state index in [0.717, 1.165) is 5.69 Å². The van der Waals surface area contributed by atoms with Gasteiger partial charge in [-0.1, -0.05) is 11.6 Å². The molecule has 0 bridgehead atoms. The molecule has 0 unspecified atom stereocenters. The fourth-order valence-corrected chi connectivity index (χ4v) is 3.94. The number of ether oxygens (including phenoxy) is 2. The van der Waals surface area contributed by atoms with Gasteiger partial charge in [0.1, 0.15) is 11.7 Å². The highest BCUT2D eigenvalue weighted by molar-refractivity contribution is 7.18. The Hall–Kier alpha value is -3.02. The largest absolute Gasteiger partial charge is 0.442 e. The molecule has 1 atom stereocenters.